The Kier molecular flexibility index (Phi) is 6.44. The van der Waals surface area contributed by atoms with Crippen molar-refractivity contribution in [2.45, 2.75) is 65.3 Å². The van der Waals surface area contributed by atoms with Gasteiger partial charge in [-0.1, -0.05) is 15.9 Å². The number of alkyl halides is 2. The molecule has 0 saturated heterocycles. The molecule has 0 amide bonds. The minimum atomic E-state index is -3.02. The molecule has 4 heterocycles. The van der Waals surface area contributed by atoms with Gasteiger partial charge in [0.25, 0.3) is 6.43 Å². The van der Waals surface area contributed by atoms with E-state index in [4.69, 9.17) is 18.3 Å². The highest BCUT2D eigenvalue weighted by molar-refractivity contribution is 9.10. The van der Waals surface area contributed by atoms with E-state index in [1.807, 2.05) is 41.5 Å². The number of fused-ring (bicyclic) bond motifs is 1. The third kappa shape index (κ3) is 6.50. The van der Waals surface area contributed by atoms with E-state index in [9.17, 15) is 8.78 Å². The van der Waals surface area contributed by atoms with E-state index in [-0.39, 0.29) is 34.3 Å². The van der Waals surface area contributed by atoms with E-state index in [2.05, 4.69) is 46.2 Å². The van der Waals surface area contributed by atoms with Crippen molar-refractivity contribution < 1.29 is 27.1 Å². The summed E-state index contributed by atoms with van der Waals surface area (Å²) in [7, 11) is 0. The van der Waals surface area contributed by atoms with Crippen molar-refractivity contribution in [3.05, 3.63) is 40.8 Å². The molecule has 0 aliphatic rings. The van der Waals surface area contributed by atoms with Crippen LogP contribution in [0.25, 0.3) is 22.3 Å². The standard InChI is InChI=1S/C25H28BrF2N7O3/c1-24(2,3)37-21-15(12-30-23(31-21)38-25(4,5)6)16-11-14-20(33-32-16)35(7)34-22(14)36-18(19(27)28)17-10-13(26)8-9-29-17/h8-12,18-19H,1-7H3/t18-/m1/s1/i7D3. The van der Waals surface area contributed by atoms with Gasteiger partial charge in [0, 0.05) is 28.0 Å². The van der Waals surface area contributed by atoms with Crippen LogP contribution in [0.15, 0.2) is 35.1 Å². The highest BCUT2D eigenvalue weighted by Gasteiger charge is 2.29. The minimum Gasteiger partial charge on any atom is -0.471 e. The summed E-state index contributed by atoms with van der Waals surface area (Å²) in [4.78, 5) is 12.7. The number of hydrogen-bond donors (Lipinski definition) is 0. The maximum Gasteiger partial charge on any atom is 0.320 e. The Morgan fingerprint density at radius 1 is 1.00 bits per heavy atom. The summed E-state index contributed by atoms with van der Waals surface area (Å²) in [6, 6.07) is 4.42. The van der Waals surface area contributed by atoms with E-state index in [1.54, 1.807) is 6.07 Å². The van der Waals surface area contributed by atoms with Gasteiger partial charge in [0.1, 0.15) is 16.9 Å². The molecular weight excluding hydrogens is 564 g/mol. The fourth-order valence-corrected chi connectivity index (χ4v) is 3.62. The molecule has 4 rings (SSSR count). The first-order valence-corrected chi connectivity index (χ1v) is 12.3. The SMILES string of the molecule is [2H]C([2H])([2H])n1nc(O[C@H](c2cc(Br)ccn2)C(F)F)c2cc(-c3cnc(OC(C)(C)C)nc3OC(C)(C)C)nnc21. The second kappa shape index (κ2) is 10.4. The number of hydrogen-bond acceptors (Lipinski definition) is 9. The molecule has 0 aromatic carbocycles. The number of aromatic nitrogens is 7. The van der Waals surface area contributed by atoms with Gasteiger partial charge in [-0.3, -0.25) is 4.98 Å². The van der Waals surface area contributed by atoms with Crippen molar-refractivity contribution in [3.8, 4) is 29.0 Å². The van der Waals surface area contributed by atoms with Gasteiger partial charge in [-0.15, -0.1) is 15.3 Å². The zero-order valence-electron chi connectivity index (χ0n) is 24.5. The molecule has 0 saturated carbocycles. The van der Waals surface area contributed by atoms with Crippen LogP contribution in [0.1, 0.15) is 57.5 Å². The predicted molar refractivity (Wildman–Crippen MR) is 139 cm³/mol. The smallest absolute Gasteiger partial charge is 0.320 e. The van der Waals surface area contributed by atoms with Gasteiger partial charge in [-0.25, -0.2) is 18.4 Å². The summed E-state index contributed by atoms with van der Waals surface area (Å²) in [6.07, 6.45) is -2.11. The van der Waals surface area contributed by atoms with Gasteiger partial charge >= 0.3 is 6.01 Å². The quantitative estimate of drug-likeness (QED) is 0.265. The topological polar surface area (TPSA) is 110 Å². The molecule has 0 fully saturated rings. The van der Waals surface area contributed by atoms with Crippen LogP contribution in [0.4, 0.5) is 8.78 Å². The number of pyridine rings is 1. The van der Waals surface area contributed by atoms with Crippen LogP contribution in [-0.2, 0) is 6.98 Å². The third-order valence-electron chi connectivity index (χ3n) is 4.71. The lowest BCUT2D eigenvalue weighted by molar-refractivity contribution is 0.00608. The molecule has 1 atom stereocenters. The van der Waals surface area contributed by atoms with E-state index >= 15 is 0 Å². The van der Waals surface area contributed by atoms with Gasteiger partial charge in [0.2, 0.25) is 17.9 Å². The van der Waals surface area contributed by atoms with E-state index < -0.39 is 36.6 Å². The van der Waals surface area contributed by atoms with Crippen LogP contribution in [-0.4, -0.2) is 52.6 Å². The lowest BCUT2D eigenvalue weighted by Gasteiger charge is -2.24. The third-order valence-corrected chi connectivity index (χ3v) is 5.20. The highest BCUT2D eigenvalue weighted by Crippen LogP contribution is 2.35. The molecule has 0 aliphatic heterocycles. The maximum atomic E-state index is 14.2. The molecule has 0 bridgehead atoms. The van der Waals surface area contributed by atoms with Gasteiger partial charge in [-0.2, -0.15) is 4.98 Å². The Morgan fingerprint density at radius 3 is 2.37 bits per heavy atom. The van der Waals surface area contributed by atoms with Crippen LogP contribution in [0, 0.1) is 0 Å². The minimum absolute atomic E-state index is 0.0171. The molecule has 0 unspecified atom stereocenters. The summed E-state index contributed by atoms with van der Waals surface area (Å²) in [5.41, 5.74) is -1.10. The van der Waals surface area contributed by atoms with Crippen LogP contribution in [0.2, 0.25) is 0 Å². The Bertz CT molecular complexity index is 1560. The molecule has 38 heavy (non-hydrogen) atoms. The van der Waals surface area contributed by atoms with Gasteiger partial charge in [0.15, 0.2) is 5.65 Å². The van der Waals surface area contributed by atoms with Crippen molar-refractivity contribution in [2.24, 2.45) is 6.98 Å². The summed E-state index contributed by atoms with van der Waals surface area (Å²) in [5, 5.41) is 12.2. The average molecular weight is 595 g/mol. The summed E-state index contributed by atoms with van der Waals surface area (Å²) in [5.74, 6) is -0.277. The molecule has 202 valence electrons. The van der Waals surface area contributed by atoms with E-state index in [1.165, 1.54) is 24.5 Å². The fraction of sp³-hybridized carbons (Fsp3) is 0.440. The molecule has 4 aromatic rings. The van der Waals surface area contributed by atoms with Crippen molar-refractivity contribution in [1.82, 2.24) is 34.9 Å². The molecule has 0 radical (unpaired) electrons. The first-order chi connectivity index (χ1) is 18.9. The number of rotatable bonds is 7. The van der Waals surface area contributed by atoms with Crippen LogP contribution >= 0.6 is 15.9 Å². The zero-order valence-corrected chi connectivity index (χ0v) is 23.1. The monoisotopic (exact) mass is 594 g/mol. The van der Waals surface area contributed by atoms with Crippen molar-refractivity contribution >= 4 is 27.0 Å². The number of halogens is 3. The molecular formula is C25H28BrF2N7O3. The van der Waals surface area contributed by atoms with Gasteiger partial charge in [0.05, 0.1) is 16.6 Å². The largest absolute Gasteiger partial charge is 0.471 e. The molecule has 13 heteroatoms. The number of ether oxygens (including phenoxy) is 3. The molecule has 4 aromatic heterocycles. The highest BCUT2D eigenvalue weighted by atomic mass is 79.9. The fourth-order valence-electron chi connectivity index (χ4n) is 3.27. The molecule has 0 N–H and O–H groups in total. The van der Waals surface area contributed by atoms with Crippen molar-refractivity contribution in [2.75, 3.05) is 0 Å². The second-order valence-corrected chi connectivity index (χ2v) is 11.2. The number of aryl methyl sites for hydroxylation is 1. The molecule has 0 aliphatic carbocycles. The van der Waals surface area contributed by atoms with E-state index in [0.29, 0.717) is 14.7 Å². The Hall–Kier alpha value is -3.48. The number of nitrogens with zero attached hydrogens (tertiary/aromatic N) is 7. The summed E-state index contributed by atoms with van der Waals surface area (Å²) >= 11 is 3.23. The average Bonchev–Trinajstić information content (AvgIpc) is 3.18. The zero-order chi connectivity index (χ0) is 30.3. The second-order valence-electron chi connectivity index (χ2n) is 10.3. The Morgan fingerprint density at radius 2 is 1.74 bits per heavy atom. The summed E-state index contributed by atoms with van der Waals surface area (Å²) < 4.78 is 70.4. The van der Waals surface area contributed by atoms with Crippen molar-refractivity contribution in [1.29, 1.82) is 0 Å². The van der Waals surface area contributed by atoms with E-state index in [0.717, 1.165) is 0 Å². The Balaban J connectivity index is 1.87. The van der Waals surface area contributed by atoms with Crippen molar-refractivity contribution in [3.63, 3.8) is 0 Å². The molecule has 0 spiro atoms. The maximum absolute atomic E-state index is 14.2. The van der Waals surface area contributed by atoms with Crippen LogP contribution in [0.5, 0.6) is 17.8 Å². The lowest BCUT2D eigenvalue weighted by Crippen LogP contribution is -2.26. The first-order valence-electron chi connectivity index (χ1n) is 13.0. The molecule has 10 nitrogen and oxygen atoms in total. The predicted octanol–water partition coefficient (Wildman–Crippen LogP) is 5.72. The first kappa shape index (κ1) is 23.6. The lowest BCUT2D eigenvalue weighted by atomic mass is 10.1. The normalized spacial score (nSPS) is 14.6. The summed E-state index contributed by atoms with van der Waals surface area (Å²) in [6.45, 7) is 8.19. The van der Waals surface area contributed by atoms with Gasteiger partial charge < -0.3 is 14.2 Å². The Labute approximate surface area is 231 Å². The van der Waals surface area contributed by atoms with Gasteiger partial charge in [-0.05, 0) is 59.7 Å². The van der Waals surface area contributed by atoms with Crippen LogP contribution < -0.4 is 14.2 Å². The van der Waals surface area contributed by atoms with Crippen LogP contribution in [0.3, 0.4) is 0 Å².